The molecule has 0 fully saturated rings. The summed E-state index contributed by atoms with van der Waals surface area (Å²) >= 11 is 5.84. The van der Waals surface area contributed by atoms with E-state index in [2.05, 4.69) is 10.3 Å². The smallest absolute Gasteiger partial charge is 0.336 e. The monoisotopic (exact) mass is 476 g/mol. The summed E-state index contributed by atoms with van der Waals surface area (Å²) in [4.78, 5) is 16.5. The summed E-state index contributed by atoms with van der Waals surface area (Å²) in [5.41, 5.74) is 0.614. The van der Waals surface area contributed by atoms with Crippen LogP contribution in [0.5, 0.6) is 0 Å². The summed E-state index contributed by atoms with van der Waals surface area (Å²) in [5.74, 6) is -0.610. The lowest BCUT2D eigenvalue weighted by Gasteiger charge is -2.17. The number of rotatable bonds is 5. The van der Waals surface area contributed by atoms with E-state index in [1.165, 1.54) is 35.9 Å². The maximum absolute atomic E-state index is 13.0. The molecule has 0 spiro atoms. The number of sulfonamides is 1. The molecule has 2 N–H and O–H groups in total. The highest BCUT2D eigenvalue weighted by molar-refractivity contribution is 7.89. The Labute approximate surface area is 182 Å². The van der Waals surface area contributed by atoms with Crippen LogP contribution in [0.15, 0.2) is 29.3 Å². The molecule has 12 heteroatoms. The number of fused-ring (bicyclic) bond motifs is 1. The molecule has 7 nitrogen and oxygen atoms in total. The highest BCUT2D eigenvalue weighted by Crippen LogP contribution is 2.32. The fourth-order valence-electron chi connectivity index (χ4n) is 3.37. The topological polar surface area (TPSA) is 93.1 Å². The van der Waals surface area contributed by atoms with Gasteiger partial charge in [0.25, 0.3) is 5.91 Å². The zero-order chi connectivity index (χ0) is 23.0. The predicted molar refractivity (Wildman–Crippen MR) is 110 cm³/mol. The van der Waals surface area contributed by atoms with Crippen molar-refractivity contribution in [2.75, 3.05) is 5.32 Å². The SMILES string of the molecule is Cc1c(S(=O)(=O)NC(C)C(F)(F)F)c2n(c1C(=O)Nc1ccnc(Cl)c1)CCCC=C2. The number of amides is 1. The van der Waals surface area contributed by atoms with E-state index in [0.717, 1.165) is 6.92 Å². The number of hydrogen-bond donors (Lipinski definition) is 2. The van der Waals surface area contributed by atoms with E-state index < -0.39 is 28.1 Å². The second kappa shape index (κ2) is 8.64. The van der Waals surface area contributed by atoms with E-state index in [1.54, 1.807) is 10.8 Å². The van der Waals surface area contributed by atoms with Gasteiger partial charge in [-0.25, -0.2) is 13.4 Å². The molecule has 2 aromatic rings. The summed E-state index contributed by atoms with van der Waals surface area (Å²) in [6.07, 6.45) is 1.15. The second-order valence-corrected chi connectivity index (χ2v) is 9.13. The van der Waals surface area contributed by atoms with Gasteiger partial charge in [-0.1, -0.05) is 17.7 Å². The molecule has 1 aliphatic rings. The van der Waals surface area contributed by atoms with Crippen molar-refractivity contribution in [3.05, 3.63) is 46.5 Å². The number of nitrogens with one attached hydrogen (secondary N) is 2. The predicted octanol–water partition coefficient (Wildman–Crippen LogP) is 4.13. The summed E-state index contributed by atoms with van der Waals surface area (Å²) in [7, 11) is -4.58. The molecule has 1 unspecified atom stereocenters. The number of alkyl halides is 3. The fraction of sp³-hybridized carbons (Fsp3) is 0.368. The van der Waals surface area contributed by atoms with Gasteiger partial charge in [-0.15, -0.1) is 0 Å². The Morgan fingerprint density at radius 2 is 2.06 bits per heavy atom. The van der Waals surface area contributed by atoms with Gasteiger partial charge >= 0.3 is 6.18 Å². The first-order valence-corrected chi connectivity index (χ1v) is 11.2. The molecular weight excluding hydrogens is 457 g/mol. The van der Waals surface area contributed by atoms with E-state index in [-0.39, 0.29) is 27.0 Å². The third kappa shape index (κ3) is 4.94. The van der Waals surface area contributed by atoms with E-state index in [4.69, 9.17) is 11.6 Å². The Morgan fingerprint density at radius 3 is 2.71 bits per heavy atom. The van der Waals surface area contributed by atoms with Crippen LogP contribution < -0.4 is 10.0 Å². The zero-order valence-corrected chi connectivity index (χ0v) is 18.2. The van der Waals surface area contributed by atoms with Crippen LogP contribution in [0.2, 0.25) is 5.15 Å². The third-order valence-electron chi connectivity index (χ3n) is 4.81. The minimum atomic E-state index is -4.76. The van der Waals surface area contributed by atoms with Gasteiger partial charge in [-0.2, -0.15) is 17.9 Å². The van der Waals surface area contributed by atoms with Gasteiger partial charge in [0.2, 0.25) is 10.0 Å². The molecule has 0 bridgehead atoms. The van der Waals surface area contributed by atoms with Crippen molar-refractivity contribution in [1.29, 1.82) is 0 Å². The number of halogens is 4. The molecule has 1 atom stereocenters. The Hall–Kier alpha value is -2.37. The molecule has 0 radical (unpaired) electrons. The van der Waals surface area contributed by atoms with Gasteiger partial charge < -0.3 is 9.88 Å². The van der Waals surface area contributed by atoms with Crippen LogP contribution in [0.4, 0.5) is 18.9 Å². The highest BCUT2D eigenvalue weighted by atomic mass is 35.5. The lowest BCUT2D eigenvalue weighted by atomic mass is 10.2. The summed E-state index contributed by atoms with van der Waals surface area (Å²) < 4.78 is 68.0. The number of nitrogens with zero attached hydrogens (tertiary/aromatic N) is 2. The van der Waals surface area contributed by atoms with Crippen molar-refractivity contribution >= 4 is 39.3 Å². The number of carbonyl (C=O) groups is 1. The molecule has 3 heterocycles. The molecular formula is C19H20ClF3N4O3S. The van der Waals surface area contributed by atoms with Gasteiger partial charge in [0.05, 0.1) is 5.69 Å². The van der Waals surface area contributed by atoms with Crippen LogP contribution in [0.1, 0.15) is 41.5 Å². The van der Waals surface area contributed by atoms with Gasteiger partial charge in [-0.05, 0) is 44.9 Å². The molecule has 0 saturated heterocycles. The molecule has 168 valence electrons. The first-order chi connectivity index (χ1) is 14.4. The number of anilines is 1. The molecule has 0 aliphatic carbocycles. The highest BCUT2D eigenvalue weighted by Gasteiger charge is 2.41. The van der Waals surface area contributed by atoms with Crippen molar-refractivity contribution in [2.45, 2.75) is 50.3 Å². The molecule has 2 aromatic heterocycles. The van der Waals surface area contributed by atoms with Crippen LogP contribution in [0.25, 0.3) is 6.08 Å². The van der Waals surface area contributed by atoms with E-state index in [1.807, 2.05) is 0 Å². The number of hydrogen-bond acceptors (Lipinski definition) is 4. The minimum Gasteiger partial charge on any atom is -0.336 e. The molecule has 0 saturated carbocycles. The van der Waals surface area contributed by atoms with Crippen molar-refractivity contribution in [1.82, 2.24) is 14.3 Å². The van der Waals surface area contributed by atoms with Crippen LogP contribution >= 0.6 is 11.6 Å². The van der Waals surface area contributed by atoms with Gasteiger partial charge in [0, 0.05) is 24.0 Å². The Bertz CT molecular complexity index is 1140. The molecule has 3 rings (SSSR count). The molecule has 31 heavy (non-hydrogen) atoms. The Kier molecular flexibility index (Phi) is 6.49. The Balaban J connectivity index is 2.09. The number of pyridine rings is 1. The van der Waals surface area contributed by atoms with Crippen LogP contribution in [0, 0.1) is 6.92 Å². The molecule has 0 aromatic carbocycles. The van der Waals surface area contributed by atoms with Crippen LogP contribution in [0.3, 0.4) is 0 Å². The standard InChI is InChI=1S/C19H20ClF3N4O3S/c1-11-16(18(28)25-13-7-8-24-15(20)10-13)27-9-5-3-4-6-14(27)17(11)31(29,30)26-12(2)19(21,22)23/h4,6-8,10,12,26H,3,5,9H2,1-2H3,(H,24,25,28). The maximum Gasteiger partial charge on any atom is 0.404 e. The zero-order valence-electron chi connectivity index (χ0n) is 16.6. The largest absolute Gasteiger partial charge is 0.404 e. The lowest BCUT2D eigenvalue weighted by molar-refractivity contribution is -0.147. The van der Waals surface area contributed by atoms with Crippen LogP contribution in [-0.4, -0.2) is 36.1 Å². The quantitative estimate of drug-likeness (QED) is 0.634. The lowest BCUT2D eigenvalue weighted by Crippen LogP contribution is -2.43. The fourth-order valence-corrected chi connectivity index (χ4v) is 5.21. The van der Waals surface area contributed by atoms with Crippen molar-refractivity contribution < 1.29 is 26.4 Å². The third-order valence-corrected chi connectivity index (χ3v) is 6.73. The Morgan fingerprint density at radius 1 is 1.35 bits per heavy atom. The summed E-state index contributed by atoms with van der Waals surface area (Å²) in [6.45, 7) is 2.45. The first-order valence-electron chi connectivity index (χ1n) is 9.33. The van der Waals surface area contributed by atoms with E-state index in [9.17, 15) is 26.4 Å². The normalized spacial score (nSPS) is 15.3. The summed E-state index contributed by atoms with van der Waals surface area (Å²) in [5, 5.41) is 2.79. The summed E-state index contributed by atoms with van der Waals surface area (Å²) in [6, 6.07) is 0.638. The van der Waals surface area contributed by atoms with Gasteiger partial charge in [0.15, 0.2) is 0 Å². The van der Waals surface area contributed by atoms with Crippen LogP contribution in [-0.2, 0) is 16.6 Å². The second-order valence-electron chi connectivity index (χ2n) is 7.09. The maximum atomic E-state index is 13.0. The minimum absolute atomic E-state index is 0.0505. The molecule has 1 amide bonds. The van der Waals surface area contributed by atoms with Crippen molar-refractivity contribution in [3.8, 4) is 0 Å². The molecule has 1 aliphatic heterocycles. The van der Waals surface area contributed by atoms with E-state index >= 15 is 0 Å². The average Bonchev–Trinajstić information content (AvgIpc) is 2.76. The number of aromatic nitrogens is 2. The number of carbonyl (C=O) groups excluding carboxylic acids is 1. The van der Waals surface area contributed by atoms with Crippen molar-refractivity contribution in [3.63, 3.8) is 0 Å². The van der Waals surface area contributed by atoms with Gasteiger partial charge in [0.1, 0.15) is 21.8 Å². The van der Waals surface area contributed by atoms with E-state index in [0.29, 0.717) is 25.1 Å². The van der Waals surface area contributed by atoms with Crippen molar-refractivity contribution in [2.24, 2.45) is 0 Å². The number of allylic oxidation sites excluding steroid dienone is 1. The average molecular weight is 477 g/mol. The first kappa shape index (κ1) is 23.3. The van der Waals surface area contributed by atoms with Gasteiger partial charge in [-0.3, -0.25) is 4.79 Å².